The third-order valence-electron chi connectivity index (χ3n) is 5.17. The lowest BCUT2D eigenvalue weighted by Gasteiger charge is -2.36. The van der Waals surface area contributed by atoms with Crippen molar-refractivity contribution in [3.8, 4) is 5.75 Å². The smallest absolute Gasteiger partial charge is 0.257 e. The Hall–Kier alpha value is -3.16. The second-order valence-electron chi connectivity index (χ2n) is 7.44. The van der Waals surface area contributed by atoms with Crippen molar-refractivity contribution >= 4 is 17.5 Å². The van der Waals surface area contributed by atoms with E-state index >= 15 is 0 Å². The molecule has 8 heteroatoms. The molecule has 1 aromatic carbocycles. The summed E-state index contributed by atoms with van der Waals surface area (Å²) in [7, 11) is 0. The number of piperazine rings is 1. The monoisotopic (exact) mass is 380 g/mol. The van der Waals surface area contributed by atoms with Crippen LogP contribution < -0.4 is 4.90 Å². The van der Waals surface area contributed by atoms with Gasteiger partial charge in [-0.05, 0) is 30.5 Å². The molecule has 1 saturated heterocycles. The summed E-state index contributed by atoms with van der Waals surface area (Å²) in [5, 5.41) is 14.6. The Balaban J connectivity index is 1.49. The molecule has 0 saturated carbocycles. The van der Waals surface area contributed by atoms with Crippen LogP contribution in [0.2, 0.25) is 0 Å². The van der Waals surface area contributed by atoms with E-state index < -0.39 is 0 Å². The minimum Gasteiger partial charge on any atom is -0.507 e. The fraction of sp³-hybridized carbons (Fsp3) is 0.400. The first-order valence-corrected chi connectivity index (χ1v) is 9.48. The number of aromatic hydroxyl groups is 1. The number of carbonyl (C=O) groups excluding carboxylic acids is 1. The van der Waals surface area contributed by atoms with Crippen molar-refractivity contribution in [3.63, 3.8) is 0 Å². The van der Waals surface area contributed by atoms with Crippen LogP contribution in [0.5, 0.6) is 5.75 Å². The van der Waals surface area contributed by atoms with Gasteiger partial charge in [-0.1, -0.05) is 19.9 Å². The van der Waals surface area contributed by atoms with Gasteiger partial charge in [0.2, 0.25) is 0 Å². The highest BCUT2D eigenvalue weighted by Crippen LogP contribution is 2.26. The van der Waals surface area contributed by atoms with Gasteiger partial charge >= 0.3 is 0 Å². The van der Waals surface area contributed by atoms with Gasteiger partial charge < -0.3 is 14.9 Å². The number of phenolic OH excluding ortho intramolecular Hbond substituents is 1. The Morgan fingerprint density at radius 2 is 1.89 bits per heavy atom. The maximum atomic E-state index is 12.9. The minimum atomic E-state index is -0.135. The summed E-state index contributed by atoms with van der Waals surface area (Å²) in [6, 6.07) is 7.31. The first kappa shape index (κ1) is 18.2. The van der Waals surface area contributed by atoms with Crippen molar-refractivity contribution in [2.45, 2.75) is 26.7 Å². The van der Waals surface area contributed by atoms with Crippen LogP contribution in [0.25, 0.3) is 5.78 Å². The molecule has 8 nitrogen and oxygen atoms in total. The van der Waals surface area contributed by atoms with Crippen molar-refractivity contribution in [2.24, 2.45) is 0 Å². The topological polar surface area (TPSA) is 86.9 Å². The SMILES string of the molecule is Cc1cc(N2CCN(C(=O)c3ccc(C(C)C)cc3O)CC2)n2ncnc2n1. The molecule has 0 spiro atoms. The van der Waals surface area contributed by atoms with E-state index in [2.05, 4.69) is 33.8 Å². The van der Waals surface area contributed by atoms with Gasteiger partial charge in [0, 0.05) is 37.9 Å². The molecule has 2 aromatic heterocycles. The van der Waals surface area contributed by atoms with Crippen LogP contribution in [0.1, 0.15) is 41.4 Å². The second kappa shape index (κ2) is 7.10. The Labute approximate surface area is 163 Å². The highest BCUT2D eigenvalue weighted by atomic mass is 16.3. The van der Waals surface area contributed by atoms with Gasteiger partial charge in [0.25, 0.3) is 11.7 Å². The maximum absolute atomic E-state index is 12.9. The van der Waals surface area contributed by atoms with Gasteiger partial charge in [0.15, 0.2) is 0 Å². The average molecular weight is 380 g/mol. The van der Waals surface area contributed by atoms with Gasteiger partial charge in [-0.25, -0.2) is 4.98 Å². The number of benzene rings is 1. The summed E-state index contributed by atoms with van der Waals surface area (Å²) in [6.45, 7) is 8.54. The van der Waals surface area contributed by atoms with E-state index in [1.54, 1.807) is 21.5 Å². The molecule has 146 valence electrons. The Morgan fingerprint density at radius 1 is 1.14 bits per heavy atom. The molecule has 0 atom stereocenters. The van der Waals surface area contributed by atoms with E-state index in [0.717, 1.165) is 17.1 Å². The molecule has 0 bridgehead atoms. The normalized spacial score (nSPS) is 14.9. The molecule has 1 aliphatic heterocycles. The van der Waals surface area contributed by atoms with E-state index in [1.165, 1.54) is 6.33 Å². The van der Waals surface area contributed by atoms with Crippen molar-refractivity contribution in [3.05, 3.63) is 47.4 Å². The predicted octanol–water partition coefficient (Wildman–Crippen LogP) is 2.22. The lowest BCUT2D eigenvalue weighted by Crippen LogP contribution is -2.49. The van der Waals surface area contributed by atoms with Crippen LogP contribution in [0, 0.1) is 6.92 Å². The summed E-state index contributed by atoms with van der Waals surface area (Å²) in [4.78, 5) is 25.4. The number of fused-ring (bicyclic) bond motifs is 1. The molecular weight excluding hydrogens is 356 g/mol. The molecular formula is C20H24N6O2. The number of aryl methyl sites for hydroxylation is 1. The molecule has 0 unspecified atom stereocenters. The molecule has 3 heterocycles. The first-order valence-electron chi connectivity index (χ1n) is 9.48. The van der Waals surface area contributed by atoms with Crippen molar-refractivity contribution < 1.29 is 9.90 Å². The highest BCUT2D eigenvalue weighted by molar-refractivity contribution is 5.97. The maximum Gasteiger partial charge on any atom is 0.257 e. The van der Waals surface area contributed by atoms with Crippen LogP contribution in [-0.4, -0.2) is 61.7 Å². The second-order valence-corrected chi connectivity index (χ2v) is 7.44. The molecule has 0 aliphatic carbocycles. The Kier molecular flexibility index (Phi) is 4.62. The summed E-state index contributed by atoms with van der Waals surface area (Å²) >= 11 is 0. The zero-order chi connectivity index (χ0) is 19.8. The molecule has 4 rings (SSSR count). The largest absolute Gasteiger partial charge is 0.507 e. The van der Waals surface area contributed by atoms with Gasteiger partial charge in [-0.15, -0.1) is 0 Å². The zero-order valence-corrected chi connectivity index (χ0v) is 16.3. The molecule has 1 aliphatic rings. The number of amides is 1. The number of phenols is 1. The number of rotatable bonds is 3. The molecule has 1 N–H and O–H groups in total. The zero-order valence-electron chi connectivity index (χ0n) is 16.3. The van der Waals surface area contributed by atoms with Gasteiger partial charge in [0.1, 0.15) is 17.9 Å². The number of aromatic nitrogens is 4. The van der Waals surface area contributed by atoms with Crippen LogP contribution >= 0.6 is 0 Å². The standard InChI is InChI=1S/C20H24N6O2/c1-13(2)15-4-5-16(17(27)11-15)19(28)25-8-6-24(7-9-25)18-10-14(3)23-20-21-12-22-26(18)20/h4-5,10-13,27H,6-9H2,1-3H3. The van der Waals surface area contributed by atoms with Crippen molar-refractivity contribution in [2.75, 3.05) is 31.1 Å². The number of carbonyl (C=O) groups is 1. The Bertz CT molecular complexity index is 1020. The Morgan fingerprint density at radius 3 is 2.57 bits per heavy atom. The highest BCUT2D eigenvalue weighted by Gasteiger charge is 2.25. The molecule has 0 radical (unpaired) electrons. The summed E-state index contributed by atoms with van der Waals surface area (Å²) in [5.41, 5.74) is 2.25. The molecule has 1 amide bonds. The molecule has 1 fully saturated rings. The third-order valence-corrected chi connectivity index (χ3v) is 5.17. The van der Waals surface area contributed by atoms with Crippen LogP contribution in [0.4, 0.5) is 5.82 Å². The fourth-order valence-electron chi connectivity index (χ4n) is 3.53. The summed E-state index contributed by atoms with van der Waals surface area (Å²) in [5.74, 6) is 1.72. The lowest BCUT2D eigenvalue weighted by atomic mass is 10.0. The molecule has 3 aromatic rings. The van der Waals surface area contributed by atoms with E-state index in [1.807, 2.05) is 19.1 Å². The van der Waals surface area contributed by atoms with E-state index in [4.69, 9.17) is 0 Å². The lowest BCUT2D eigenvalue weighted by molar-refractivity contribution is 0.0743. The first-order chi connectivity index (χ1) is 13.4. The van der Waals surface area contributed by atoms with Crippen molar-refractivity contribution in [1.29, 1.82) is 0 Å². The van der Waals surface area contributed by atoms with Crippen LogP contribution in [0.3, 0.4) is 0 Å². The van der Waals surface area contributed by atoms with Gasteiger partial charge in [-0.2, -0.15) is 14.6 Å². The van der Waals surface area contributed by atoms with E-state index in [0.29, 0.717) is 43.4 Å². The minimum absolute atomic E-state index is 0.0488. The third kappa shape index (κ3) is 3.26. The van der Waals surface area contributed by atoms with Gasteiger partial charge in [-0.3, -0.25) is 4.79 Å². The number of hydrogen-bond donors (Lipinski definition) is 1. The van der Waals surface area contributed by atoms with E-state index in [9.17, 15) is 9.90 Å². The predicted molar refractivity (Wildman–Crippen MR) is 106 cm³/mol. The fourth-order valence-corrected chi connectivity index (χ4v) is 3.53. The van der Waals surface area contributed by atoms with Crippen molar-refractivity contribution in [1.82, 2.24) is 24.5 Å². The molecule has 28 heavy (non-hydrogen) atoms. The number of hydrogen-bond acceptors (Lipinski definition) is 6. The number of nitrogens with zero attached hydrogens (tertiary/aromatic N) is 6. The van der Waals surface area contributed by atoms with Crippen LogP contribution in [-0.2, 0) is 0 Å². The number of anilines is 1. The van der Waals surface area contributed by atoms with Gasteiger partial charge in [0.05, 0.1) is 5.56 Å². The van der Waals surface area contributed by atoms with E-state index in [-0.39, 0.29) is 11.7 Å². The summed E-state index contributed by atoms with van der Waals surface area (Å²) in [6.07, 6.45) is 1.49. The quantitative estimate of drug-likeness (QED) is 0.750. The summed E-state index contributed by atoms with van der Waals surface area (Å²) < 4.78 is 1.72. The van der Waals surface area contributed by atoms with Crippen LogP contribution in [0.15, 0.2) is 30.6 Å². The average Bonchev–Trinajstić information content (AvgIpc) is 3.15.